The SMILES string of the molecule is Cc1ccccc1N=C(N)N(C(=N)N(c1ccccc1C)c1cc(C#N)ccc1C)c1ccccc1. The molecule has 0 atom stereocenters. The number of rotatable bonds is 4. The topological polar surface area (TPSA) is 92.5 Å². The molecule has 0 aliphatic heterocycles. The van der Waals surface area contributed by atoms with Crippen LogP contribution < -0.4 is 15.5 Å². The number of guanidine groups is 2. The number of nitrogens with zero attached hydrogens (tertiary/aromatic N) is 4. The molecule has 0 aliphatic carbocycles. The van der Waals surface area contributed by atoms with Gasteiger partial charge in [-0.3, -0.25) is 15.2 Å². The molecule has 4 aromatic rings. The van der Waals surface area contributed by atoms with E-state index in [1.54, 1.807) is 17.0 Å². The number of nitrogens with two attached hydrogens (primary N) is 1. The summed E-state index contributed by atoms with van der Waals surface area (Å²) >= 11 is 0. The molecule has 0 heterocycles. The molecule has 0 saturated heterocycles. The Morgan fingerprint density at radius 1 is 0.778 bits per heavy atom. The zero-order valence-electron chi connectivity index (χ0n) is 20.6. The highest BCUT2D eigenvalue weighted by Crippen LogP contribution is 2.34. The average Bonchev–Trinajstić information content (AvgIpc) is 2.88. The maximum atomic E-state index is 9.59. The van der Waals surface area contributed by atoms with Crippen molar-refractivity contribution in [2.24, 2.45) is 10.7 Å². The molecule has 0 amide bonds. The fourth-order valence-electron chi connectivity index (χ4n) is 3.99. The van der Waals surface area contributed by atoms with Crippen LogP contribution in [0.1, 0.15) is 22.3 Å². The molecule has 0 spiro atoms. The van der Waals surface area contributed by atoms with Crippen LogP contribution in [-0.2, 0) is 0 Å². The molecule has 0 aliphatic rings. The molecule has 6 heteroatoms. The number of hydrogen-bond donors (Lipinski definition) is 2. The predicted octanol–water partition coefficient (Wildman–Crippen LogP) is 6.71. The third-order valence-corrected chi connectivity index (χ3v) is 5.95. The van der Waals surface area contributed by atoms with Crippen molar-refractivity contribution in [1.82, 2.24) is 0 Å². The monoisotopic (exact) mass is 472 g/mol. The minimum atomic E-state index is 0.0866. The van der Waals surface area contributed by atoms with Crippen LogP contribution in [0.3, 0.4) is 0 Å². The number of nitriles is 1. The van der Waals surface area contributed by atoms with E-state index in [9.17, 15) is 10.7 Å². The second-order valence-corrected chi connectivity index (χ2v) is 8.49. The lowest BCUT2D eigenvalue weighted by Crippen LogP contribution is -2.49. The van der Waals surface area contributed by atoms with Crippen molar-refractivity contribution in [2.45, 2.75) is 20.8 Å². The van der Waals surface area contributed by atoms with E-state index in [2.05, 4.69) is 6.07 Å². The lowest BCUT2D eigenvalue weighted by Gasteiger charge is -2.34. The molecule has 0 unspecified atom stereocenters. The maximum absolute atomic E-state index is 9.59. The number of aryl methyl sites for hydroxylation is 3. The second-order valence-electron chi connectivity index (χ2n) is 8.49. The standard InChI is InChI=1S/C30H28N6/c1-21-11-7-9-15-26(21)34-29(32)35(25-13-5-4-6-14-25)30(33)36(27-16-10-8-12-22(27)2)28-19-24(20-31)18-17-23(28)3/h4-19,33H,1-3H3,(H2,32,34). The normalized spacial score (nSPS) is 11.0. The Kier molecular flexibility index (Phi) is 7.12. The van der Waals surface area contributed by atoms with Crippen LogP contribution in [0.25, 0.3) is 0 Å². The summed E-state index contributed by atoms with van der Waals surface area (Å²) in [5, 5.41) is 19.1. The van der Waals surface area contributed by atoms with E-state index in [1.165, 1.54) is 0 Å². The number of para-hydroxylation sites is 3. The van der Waals surface area contributed by atoms with Gasteiger partial charge in [-0.1, -0.05) is 60.7 Å². The Morgan fingerprint density at radius 2 is 1.39 bits per heavy atom. The molecule has 0 aromatic heterocycles. The largest absolute Gasteiger partial charge is 0.369 e. The molecule has 4 rings (SSSR count). The smallest absolute Gasteiger partial charge is 0.214 e. The Hall–Kier alpha value is -4.89. The van der Waals surface area contributed by atoms with E-state index < -0.39 is 0 Å². The van der Waals surface area contributed by atoms with Gasteiger partial charge in [-0.25, -0.2) is 4.99 Å². The summed E-state index contributed by atoms with van der Waals surface area (Å²) < 4.78 is 0. The predicted molar refractivity (Wildman–Crippen MR) is 148 cm³/mol. The Labute approximate surface area is 212 Å². The number of anilines is 3. The van der Waals surface area contributed by atoms with Crippen molar-refractivity contribution in [2.75, 3.05) is 9.80 Å². The zero-order valence-corrected chi connectivity index (χ0v) is 20.6. The van der Waals surface area contributed by atoms with Gasteiger partial charge < -0.3 is 5.73 Å². The van der Waals surface area contributed by atoms with Gasteiger partial charge in [0.25, 0.3) is 0 Å². The molecule has 0 bridgehead atoms. The highest BCUT2D eigenvalue weighted by atomic mass is 15.4. The number of aliphatic imine (C=N–C) groups is 1. The molecule has 0 saturated carbocycles. The van der Waals surface area contributed by atoms with E-state index in [0.717, 1.165) is 33.8 Å². The summed E-state index contributed by atoms with van der Waals surface area (Å²) in [4.78, 5) is 8.15. The van der Waals surface area contributed by atoms with Gasteiger partial charge in [0.05, 0.1) is 34.4 Å². The van der Waals surface area contributed by atoms with E-state index in [4.69, 9.17) is 10.7 Å². The summed E-state index contributed by atoms with van der Waals surface area (Å²) in [7, 11) is 0. The van der Waals surface area contributed by atoms with Gasteiger partial charge in [0, 0.05) is 0 Å². The van der Waals surface area contributed by atoms with Gasteiger partial charge in [0.2, 0.25) is 11.9 Å². The van der Waals surface area contributed by atoms with Gasteiger partial charge in [0.15, 0.2) is 0 Å². The van der Waals surface area contributed by atoms with Gasteiger partial charge in [-0.2, -0.15) is 5.26 Å². The molecule has 6 nitrogen and oxygen atoms in total. The van der Waals surface area contributed by atoms with Crippen molar-refractivity contribution in [3.8, 4) is 6.07 Å². The first-order valence-electron chi connectivity index (χ1n) is 11.6. The number of hydrogen-bond acceptors (Lipinski definition) is 3. The molecule has 36 heavy (non-hydrogen) atoms. The summed E-state index contributed by atoms with van der Waals surface area (Å²) in [6.07, 6.45) is 0. The highest BCUT2D eigenvalue weighted by molar-refractivity contribution is 6.23. The van der Waals surface area contributed by atoms with Crippen molar-refractivity contribution in [3.05, 3.63) is 119 Å². The van der Waals surface area contributed by atoms with Gasteiger partial charge in [-0.15, -0.1) is 0 Å². The first kappa shape index (κ1) is 24.2. The molecule has 0 fully saturated rings. The van der Waals surface area contributed by atoms with Gasteiger partial charge in [-0.05, 0) is 73.9 Å². The van der Waals surface area contributed by atoms with Gasteiger partial charge >= 0.3 is 0 Å². The van der Waals surface area contributed by atoms with E-state index >= 15 is 0 Å². The highest BCUT2D eigenvalue weighted by Gasteiger charge is 2.27. The first-order valence-corrected chi connectivity index (χ1v) is 11.6. The molecular formula is C30H28N6. The molecule has 3 N–H and O–H groups in total. The Balaban J connectivity index is 1.94. The van der Waals surface area contributed by atoms with E-state index in [1.807, 2.05) is 111 Å². The molecule has 4 aromatic carbocycles. The van der Waals surface area contributed by atoms with Gasteiger partial charge in [0.1, 0.15) is 0 Å². The van der Waals surface area contributed by atoms with Crippen LogP contribution >= 0.6 is 0 Å². The van der Waals surface area contributed by atoms with Crippen molar-refractivity contribution in [3.63, 3.8) is 0 Å². The quantitative estimate of drug-likeness (QED) is 0.255. The van der Waals surface area contributed by atoms with Crippen LogP contribution in [0.15, 0.2) is 102 Å². The Bertz CT molecular complexity index is 1470. The summed E-state index contributed by atoms with van der Waals surface area (Å²) in [6, 6.07) is 32.8. The van der Waals surface area contributed by atoms with Crippen LogP contribution in [0, 0.1) is 37.5 Å². The van der Waals surface area contributed by atoms with Crippen molar-refractivity contribution in [1.29, 1.82) is 10.7 Å². The molecule has 178 valence electrons. The fraction of sp³-hybridized carbons (Fsp3) is 0.100. The lowest BCUT2D eigenvalue weighted by atomic mass is 10.1. The zero-order chi connectivity index (χ0) is 25.7. The third-order valence-electron chi connectivity index (χ3n) is 5.95. The minimum Gasteiger partial charge on any atom is -0.369 e. The Morgan fingerprint density at radius 3 is 2.06 bits per heavy atom. The average molecular weight is 473 g/mol. The summed E-state index contributed by atoms with van der Waals surface area (Å²) in [6.45, 7) is 5.93. The van der Waals surface area contributed by atoms with Crippen LogP contribution in [0.5, 0.6) is 0 Å². The first-order chi connectivity index (χ1) is 17.4. The van der Waals surface area contributed by atoms with Crippen LogP contribution in [-0.4, -0.2) is 11.9 Å². The summed E-state index contributed by atoms with van der Waals surface area (Å²) in [5.41, 5.74) is 13.0. The molecule has 0 radical (unpaired) electrons. The minimum absolute atomic E-state index is 0.0866. The van der Waals surface area contributed by atoms with Crippen molar-refractivity contribution >= 4 is 34.7 Å². The lowest BCUT2D eigenvalue weighted by molar-refractivity contribution is 1.17. The fourth-order valence-corrected chi connectivity index (χ4v) is 3.99. The molecular weight excluding hydrogens is 444 g/mol. The van der Waals surface area contributed by atoms with E-state index in [0.29, 0.717) is 11.3 Å². The third kappa shape index (κ3) is 4.96. The number of benzene rings is 4. The number of nitrogens with one attached hydrogen (secondary N) is 1. The second kappa shape index (κ2) is 10.6. The van der Waals surface area contributed by atoms with E-state index in [-0.39, 0.29) is 11.9 Å². The maximum Gasteiger partial charge on any atom is 0.214 e. The van der Waals surface area contributed by atoms with Crippen molar-refractivity contribution < 1.29 is 0 Å². The van der Waals surface area contributed by atoms with Crippen LogP contribution in [0.2, 0.25) is 0 Å². The summed E-state index contributed by atoms with van der Waals surface area (Å²) in [5.74, 6) is 0.247. The van der Waals surface area contributed by atoms with Crippen LogP contribution in [0.4, 0.5) is 22.7 Å².